The van der Waals surface area contributed by atoms with Gasteiger partial charge in [0.25, 0.3) is 0 Å². The van der Waals surface area contributed by atoms with E-state index >= 15 is 0 Å². The second-order valence-corrected chi connectivity index (χ2v) is 5.03. The van der Waals surface area contributed by atoms with Gasteiger partial charge in [0.2, 0.25) is 5.91 Å². The average molecular weight is 210 g/mol. The summed E-state index contributed by atoms with van der Waals surface area (Å²) >= 11 is 0. The number of hydrogen-bond donors (Lipinski definition) is 2. The van der Waals surface area contributed by atoms with Gasteiger partial charge < -0.3 is 10.6 Å². The highest BCUT2D eigenvalue weighted by Crippen LogP contribution is 2.28. The first-order valence-corrected chi connectivity index (χ1v) is 6.28. The van der Waals surface area contributed by atoms with Crippen LogP contribution in [0.5, 0.6) is 0 Å². The molecule has 0 aromatic carbocycles. The second kappa shape index (κ2) is 4.97. The lowest BCUT2D eigenvalue weighted by atomic mass is 10.1. The summed E-state index contributed by atoms with van der Waals surface area (Å²) in [4.78, 5) is 11.3. The molecule has 2 rings (SSSR count). The van der Waals surface area contributed by atoms with E-state index in [2.05, 4.69) is 17.6 Å². The van der Waals surface area contributed by atoms with Gasteiger partial charge in [-0.3, -0.25) is 4.79 Å². The zero-order valence-electron chi connectivity index (χ0n) is 9.59. The highest BCUT2D eigenvalue weighted by Gasteiger charge is 2.29. The van der Waals surface area contributed by atoms with Crippen LogP contribution in [0.25, 0.3) is 0 Å². The van der Waals surface area contributed by atoms with Gasteiger partial charge in [0.05, 0.1) is 0 Å². The van der Waals surface area contributed by atoms with E-state index in [-0.39, 0.29) is 5.91 Å². The van der Waals surface area contributed by atoms with Crippen molar-refractivity contribution >= 4 is 5.91 Å². The topological polar surface area (TPSA) is 41.1 Å². The molecular formula is C12H22N2O. The average Bonchev–Trinajstić information content (AvgIpc) is 2.99. The Bertz CT molecular complexity index is 226. The summed E-state index contributed by atoms with van der Waals surface area (Å²) in [6, 6.07) is 0.683. The Balaban J connectivity index is 1.52. The molecule has 0 saturated heterocycles. The Kier molecular flexibility index (Phi) is 3.62. The van der Waals surface area contributed by atoms with Crippen LogP contribution in [-0.4, -0.2) is 25.0 Å². The number of rotatable bonds is 5. The highest BCUT2D eigenvalue weighted by atomic mass is 16.2. The first kappa shape index (κ1) is 10.9. The number of nitrogens with one attached hydrogen (secondary N) is 2. The molecule has 3 nitrogen and oxygen atoms in total. The number of carbonyl (C=O) groups is 1. The molecule has 2 aliphatic rings. The number of amides is 1. The SMILES string of the molecule is C[C@@H]1CCC[C@H]1NCCNC(=O)C1CC1. The molecule has 2 fully saturated rings. The molecule has 0 aliphatic heterocycles. The van der Waals surface area contributed by atoms with Gasteiger partial charge in [-0.1, -0.05) is 13.3 Å². The maximum absolute atomic E-state index is 11.3. The predicted molar refractivity (Wildman–Crippen MR) is 60.5 cm³/mol. The molecule has 15 heavy (non-hydrogen) atoms. The van der Waals surface area contributed by atoms with Crippen molar-refractivity contribution in [3.63, 3.8) is 0 Å². The smallest absolute Gasteiger partial charge is 0.223 e. The molecule has 0 aromatic heterocycles. The largest absolute Gasteiger partial charge is 0.355 e. The first-order chi connectivity index (χ1) is 7.27. The van der Waals surface area contributed by atoms with E-state index < -0.39 is 0 Å². The monoisotopic (exact) mass is 210 g/mol. The summed E-state index contributed by atoms with van der Waals surface area (Å²) in [7, 11) is 0. The summed E-state index contributed by atoms with van der Waals surface area (Å²) < 4.78 is 0. The molecule has 0 bridgehead atoms. The molecule has 0 unspecified atom stereocenters. The van der Waals surface area contributed by atoms with E-state index in [1.165, 1.54) is 19.3 Å². The van der Waals surface area contributed by atoms with Crippen molar-refractivity contribution < 1.29 is 4.79 Å². The van der Waals surface area contributed by atoms with Crippen LogP contribution in [-0.2, 0) is 4.79 Å². The Morgan fingerprint density at radius 2 is 2.00 bits per heavy atom. The van der Waals surface area contributed by atoms with Crippen LogP contribution < -0.4 is 10.6 Å². The lowest BCUT2D eigenvalue weighted by Crippen LogP contribution is -2.38. The fourth-order valence-electron chi connectivity index (χ4n) is 2.38. The molecule has 0 spiro atoms. The summed E-state index contributed by atoms with van der Waals surface area (Å²) in [6.07, 6.45) is 6.20. The van der Waals surface area contributed by atoms with Gasteiger partial charge in [-0.05, 0) is 31.6 Å². The molecule has 2 aliphatic carbocycles. The third-order valence-electron chi connectivity index (χ3n) is 3.64. The molecule has 2 atom stereocenters. The minimum atomic E-state index is 0.260. The number of carbonyl (C=O) groups excluding carboxylic acids is 1. The van der Waals surface area contributed by atoms with E-state index in [0.717, 1.165) is 31.8 Å². The van der Waals surface area contributed by atoms with Crippen LogP contribution in [0.1, 0.15) is 39.0 Å². The minimum absolute atomic E-state index is 0.260. The Morgan fingerprint density at radius 3 is 2.60 bits per heavy atom. The van der Waals surface area contributed by atoms with E-state index in [1.807, 2.05) is 0 Å². The van der Waals surface area contributed by atoms with Gasteiger partial charge in [-0.2, -0.15) is 0 Å². The van der Waals surface area contributed by atoms with Crippen molar-refractivity contribution in [3.8, 4) is 0 Å². The van der Waals surface area contributed by atoms with Crippen molar-refractivity contribution in [3.05, 3.63) is 0 Å². The molecule has 0 aromatic rings. The third kappa shape index (κ3) is 3.20. The maximum Gasteiger partial charge on any atom is 0.223 e. The molecule has 86 valence electrons. The molecule has 3 heteroatoms. The molecule has 0 heterocycles. The quantitative estimate of drug-likeness (QED) is 0.671. The van der Waals surface area contributed by atoms with E-state index in [9.17, 15) is 4.79 Å². The van der Waals surface area contributed by atoms with E-state index in [0.29, 0.717) is 12.0 Å². The van der Waals surface area contributed by atoms with Crippen LogP contribution in [0.4, 0.5) is 0 Å². The van der Waals surface area contributed by atoms with Gasteiger partial charge >= 0.3 is 0 Å². The van der Waals surface area contributed by atoms with Crippen LogP contribution in [0.2, 0.25) is 0 Å². The molecular weight excluding hydrogens is 188 g/mol. The molecule has 0 radical (unpaired) electrons. The van der Waals surface area contributed by atoms with Gasteiger partial charge in [0.1, 0.15) is 0 Å². The number of hydrogen-bond acceptors (Lipinski definition) is 2. The summed E-state index contributed by atoms with van der Waals surface area (Å²) in [6.45, 7) is 4.03. The van der Waals surface area contributed by atoms with Crippen molar-refractivity contribution in [2.45, 2.75) is 45.1 Å². The van der Waals surface area contributed by atoms with Crippen molar-refractivity contribution in [1.29, 1.82) is 0 Å². The van der Waals surface area contributed by atoms with Gasteiger partial charge in [-0.25, -0.2) is 0 Å². The second-order valence-electron chi connectivity index (χ2n) is 5.03. The zero-order chi connectivity index (χ0) is 10.7. The maximum atomic E-state index is 11.3. The minimum Gasteiger partial charge on any atom is -0.355 e. The van der Waals surface area contributed by atoms with Gasteiger partial charge in [0.15, 0.2) is 0 Å². The van der Waals surface area contributed by atoms with Gasteiger partial charge in [0, 0.05) is 25.0 Å². The van der Waals surface area contributed by atoms with Crippen LogP contribution in [0, 0.1) is 11.8 Å². The van der Waals surface area contributed by atoms with Crippen LogP contribution in [0.3, 0.4) is 0 Å². The highest BCUT2D eigenvalue weighted by molar-refractivity contribution is 5.80. The molecule has 1 amide bonds. The van der Waals surface area contributed by atoms with Crippen LogP contribution in [0.15, 0.2) is 0 Å². The Morgan fingerprint density at radius 1 is 1.20 bits per heavy atom. The standard InChI is InChI=1S/C12H22N2O/c1-9-3-2-4-11(9)13-7-8-14-12(15)10-5-6-10/h9-11,13H,2-8H2,1H3,(H,14,15)/t9-,11-/m1/s1. The van der Waals surface area contributed by atoms with Crippen molar-refractivity contribution in [2.24, 2.45) is 11.8 Å². The zero-order valence-corrected chi connectivity index (χ0v) is 9.59. The summed E-state index contributed by atoms with van der Waals surface area (Å²) in [5, 5.41) is 6.51. The van der Waals surface area contributed by atoms with Crippen molar-refractivity contribution in [2.75, 3.05) is 13.1 Å². The first-order valence-electron chi connectivity index (χ1n) is 6.28. The third-order valence-corrected chi connectivity index (χ3v) is 3.64. The summed E-state index contributed by atoms with van der Waals surface area (Å²) in [5.74, 6) is 1.41. The van der Waals surface area contributed by atoms with E-state index in [1.54, 1.807) is 0 Å². The van der Waals surface area contributed by atoms with Crippen molar-refractivity contribution in [1.82, 2.24) is 10.6 Å². The predicted octanol–water partition coefficient (Wildman–Crippen LogP) is 1.29. The fraction of sp³-hybridized carbons (Fsp3) is 0.917. The Hall–Kier alpha value is -0.570. The van der Waals surface area contributed by atoms with E-state index in [4.69, 9.17) is 0 Å². The molecule has 2 saturated carbocycles. The molecule has 2 N–H and O–H groups in total. The lowest BCUT2D eigenvalue weighted by Gasteiger charge is -2.17. The lowest BCUT2D eigenvalue weighted by molar-refractivity contribution is -0.122. The normalized spacial score (nSPS) is 30.5. The summed E-state index contributed by atoms with van der Waals surface area (Å²) in [5.41, 5.74) is 0. The fourth-order valence-corrected chi connectivity index (χ4v) is 2.38. The van der Waals surface area contributed by atoms with Gasteiger partial charge in [-0.15, -0.1) is 0 Å². The Labute approximate surface area is 92.0 Å². The van der Waals surface area contributed by atoms with Crippen LogP contribution >= 0.6 is 0 Å².